The molecule has 1 aliphatic rings. The van der Waals surface area contributed by atoms with Crippen LogP contribution in [0, 0.1) is 0 Å². The lowest BCUT2D eigenvalue weighted by atomic mass is 9.83. The van der Waals surface area contributed by atoms with Crippen LogP contribution in [0.1, 0.15) is 49.4 Å². The third kappa shape index (κ3) is 4.42. The number of benzene rings is 3. The molecule has 1 N–H and O–H groups in total. The van der Waals surface area contributed by atoms with Gasteiger partial charge in [0.25, 0.3) is 0 Å². The van der Waals surface area contributed by atoms with E-state index in [9.17, 15) is 9.90 Å². The van der Waals surface area contributed by atoms with Crippen molar-refractivity contribution < 1.29 is 9.90 Å². The monoisotopic (exact) mass is 570 g/mol. The van der Waals surface area contributed by atoms with E-state index in [-0.39, 0.29) is 11.3 Å². The molecule has 0 bridgehead atoms. The topological polar surface area (TPSA) is 71.2 Å². The highest BCUT2D eigenvalue weighted by molar-refractivity contribution is 8.01. The number of rotatable bonds is 8. The fourth-order valence-electron chi connectivity index (χ4n) is 6.06. The summed E-state index contributed by atoms with van der Waals surface area (Å²) in [6.45, 7) is 10.5. The number of hydrogen-bond donors (Lipinski definition) is 1. The molecule has 1 aromatic heterocycles. The molecule has 0 spiro atoms. The van der Waals surface area contributed by atoms with Crippen molar-refractivity contribution in [2.45, 2.75) is 60.7 Å². The van der Waals surface area contributed by atoms with E-state index < -0.39 is 30.2 Å². The third-order valence-corrected chi connectivity index (χ3v) is 13.0. The van der Waals surface area contributed by atoms with E-state index in [2.05, 4.69) is 117 Å². The third-order valence-electron chi connectivity index (χ3n) is 8.05. The van der Waals surface area contributed by atoms with Gasteiger partial charge in [0, 0.05) is 12.6 Å². The van der Waals surface area contributed by atoms with Crippen LogP contribution in [-0.2, 0) is 16.6 Å². The van der Waals surface area contributed by atoms with E-state index in [1.54, 1.807) is 29.8 Å². The maximum Gasteiger partial charge on any atom is 0.233 e. The number of likely N-dealkylation sites (tertiary alicyclic amines) is 1. The van der Waals surface area contributed by atoms with Crippen molar-refractivity contribution in [2.24, 2.45) is 7.05 Å². The van der Waals surface area contributed by atoms with Gasteiger partial charge in [-0.25, -0.2) is 4.98 Å². The lowest BCUT2D eigenvalue weighted by molar-refractivity contribution is -0.164. The Morgan fingerprint density at radius 2 is 1.32 bits per heavy atom. The van der Waals surface area contributed by atoms with Gasteiger partial charge in [-0.2, -0.15) is 5.10 Å². The molecule has 4 aromatic rings. The number of aliphatic hydroxyl groups is 1. The standard InChI is InChI=1S/C32H38N4O2SSi/c1-30(2,3)36-28(38)32(40(5)6,26(37)27-33-22-35(4)34-27)29(36)39-31(23-16-10-7-11-17-23,24-18-12-8-13-19-24)25-20-14-9-15-21-25/h7-22,26,29,37,40H,1-6H3. The highest BCUT2D eigenvalue weighted by atomic mass is 32.2. The first-order valence-corrected chi connectivity index (χ1v) is 17.5. The van der Waals surface area contributed by atoms with E-state index >= 15 is 0 Å². The first-order chi connectivity index (χ1) is 19.0. The predicted octanol–water partition coefficient (Wildman–Crippen LogP) is 5.77. The normalized spacial score (nSPS) is 20.4. The van der Waals surface area contributed by atoms with Crippen LogP contribution in [0.5, 0.6) is 0 Å². The minimum Gasteiger partial charge on any atom is -0.384 e. The average Bonchev–Trinajstić information content (AvgIpc) is 3.38. The Morgan fingerprint density at radius 3 is 1.68 bits per heavy atom. The smallest absolute Gasteiger partial charge is 0.233 e. The molecular formula is C32H38N4O2SSi. The van der Waals surface area contributed by atoms with Crippen LogP contribution < -0.4 is 0 Å². The van der Waals surface area contributed by atoms with Gasteiger partial charge in [0.1, 0.15) is 17.5 Å². The molecule has 1 fully saturated rings. The van der Waals surface area contributed by atoms with Crippen LogP contribution in [0.15, 0.2) is 97.3 Å². The summed E-state index contributed by atoms with van der Waals surface area (Å²) in [5.41, 5.74) is 2.91. The number of carbonyl (C=O) groups excluding carboxylic acids is 1. The lowest BCUT2D eigenvalue weighted by Crippen LogP contribution is -2.74. The maximum atomic E-state index is 14.4. The summed E-state index contributed by atoms with van der Waals surface area (Å²) in [4.78, 5) is 20.8. The summed E-state index contributed by atoms with van der Waals surface area (Å²) in [6, 6.07) is 31.5. The summed E-state index contributed by atoms with van der Waals surface area (Å²) < 4.78 is 0.938. The van der Waals surface area contributed by atoms with Gasteiger partial charge in [0.15, 0.2) is 5.82 Å². The Labute approximate surface area is 243 Å². The van der Waals surface area contributed by atoms with E-state index in [1.165, 1.54) is 0 Å². The summed E-state index contributed by atoms with van der Waals surface area (Å²) in [5, 5.41) is 15.2. The number of aryl methyl sites for hydroxylation is 1. The zero-order chi connectivity index (χ0) is 28.7. The van der Waals surface area contributed by atoms with Gasteiger partial charge in [0.05, 0.1) is 18.9 Å². The average molecular weight is 571 g/mol. The van der Waals surface area contributed by atoms with Crippen molar-refractivity contribution in [3.8, 4) is 0 Å². The van der Waals surface area contributed by atoms with Crippen LogP contribution in [0.2, 0.25) is 18.1 Å². The summed E-state index contributed by atoms with van der Waals surface area (Å²) in [6.07, 6.45) is 0.479. The summed E-state index contributed by atoms with van der Waals surface area (Å²) >= 11 is 1.76. The number of thioether (sulfide) groups is 1. The van der Waals surface area contributed by atoms with Crippen molar-refractivity contribution in [3.63, 3.8) is 0 Å². The minimum absolute atomic E-state index is 0.0118. The van der Waals surface area contributed by atoms with Crippen molar-refractivity contribution in [2.75, 3.05) is 0 Å². The van der Waals surface area contributed by atoms with Crippen molar-refractivity contribution in [3.05, 3.63) is 120 Å². The maximum absolute atomic E-state index is 14.4. The lowest BCUT2D eigenvalue weighted by Gasteiger charge is -2.64. The number of amides is 1. The quantitative estimate of drug-likeness (QED) is 0.166. The first-order valence-electron chi connectivity index (χ1n) is 13.8. The number of carbonyl (C=O) groups is 1. The highest BCUT2D eigenvalue weighted by Gasteiger charge is 2.70. The zero-order valence-corrected chi connectivity index (χ0v) is 26.0. The first kappa shape index (κ1) is 28.3. The molecular weight excluding hydrogens is 533 g/mol. The Hall–Kier alpha value is -3.20. The molecule has 8 heteroatoms. The molecule has 1 amide bonds. The van der Waals surface area contributed by atoms with E-state index in [4.69, 9.17) is 0 Å². The van der Waals surface area contributed by atoms with Crippen LogP contribution in [-0.4, -0.2) is 50.4 Å². The van der Waals surface area contributed by atoms with Gasteiger partial charge in [0.2, 0.25) is 5.91 Å². The van der Waals surface area contributed by atoms with Crippen LogP contribution in [0.3, 0.4) is 0 Å². The molecule has 40 heavy (non-hydrogen) atoms. The second-order valence-corrected chi connectivity index (χ2v) is 16.4. The molecule has 0 radical (unpaired) electrons. The van der Waals surface area contributed by atoms with Crippen LogP contribution >= 0.6 is 11.8 Å². The van der Waals surface area contributed by atoms with Crippen LogP contribution in [0.25, 0.3) is 0 Å². The highest BCUT2D eigenvalue weighted by Crippen LogP contribution is 2.66. The van der Waals surface area contributed by atoms with Gasteiger partial charge < -0.3 is 10.0 Å². The van der Waals surface area contributed by atoms with Crippen molar-refractivity contribution in [1.29, 1.82) is 0 Å². The second-order valence-electron chi connectivity index (χ2n) is 11.9. The van der Waals surface area contributed by atoms with Gasteiger partial charge in [-0.15, -0.1) is 11.8 Å². The summed E-state index contributed by atoms with van der Waals surface area (Å²) in [5.74, 6) is 0.295. The largest absolute Gasteiger partial charge is 0.384 e. The molecule has 208 valence electrons. The van der Waals surface area contributed by atoms with E-state index in [1.807, 2.05) is 23.1 Å². The SMILES string of the molecule is Cn1cnc(C(O)C2([SiH](C)C)C(=O)N(C(C)(C)C)C2SC(c2ccccc2)(c2ccccc2)c2ccccc2)n1. The van der Waals surface area contributed by atoms with Gasteiger partial charge in [-0.05, 0) is 37.5 Å². The van der Waals surface area contributed by atoms with Crippen LogP contribution in [0.4, 0.5) is 0 Å². The Balaban J connectivity index is 1.79. The molecule has 3 atom stereocenters. The van der Waals surface area contributed by atoms with Gasteiger partial charge >= 0.3 is 0 Å². The van der Waals surface area contributed by atoms with Gasteiger partial charge in [-0.3, -0.25) is 9.48 Å². The summed E-state index contributed by atoms with van der Waals surface area (Å²) in [7, 11) is -0.0987. The second kappa shape index (κ2) is 10.6. The van der Waals surface area contributed by atoms with Gasteiger partial charge in [-0.1, -0.05) is 104 Å². The molecule has 0 saturated carbocycles. The Morgan fingerprint density at radius 1 is 0.875 bits per heavy atom. The van der Waals surface area contributed by atoms with Crippen molar-refractivity contribution >= 4 is 26.5 Å². The number of aliphatic hydroxyl groups excluding tert-OH is 1. The van der Waals surface area contributed by atoms with E-state index in [0.29, 0.717) is 5.82 Å². The minimum atomic E-state index is -1.88. The molecule has 3 unspecified atom stereocenters. The molecule has 2 heterocycles. The molecule has 1 aliphatic heterocycles. The molecule has 1 saturated heterocycles. The zero-order valence-electron chi connectivity index (χ0n) is 24.0. The Kier molecular flexibility index (Phi) is 7.54. The predicted molar refractivity (Wildman–Crippen MR) is 165 cm³/mol. The fourth-order valence-corrected chi connectivity index (χ4v) is 11.3. The number of hydrogen-bond acceptors (Lipinski definition) is 5. The number of aromatic nitrogens is 3. The number of β-lactam (4-membered cyclic amide) rings is 1. The molecule has 5 rings (SSSR count). The fraction of sp³-hybridized carbons (Fsp3) is 0.344. The molecule has 3 aromatic carbocycles. The molecule has 0 aliphatic carbocycles. The van der Waals surface area contributed by atoms with Crippen molar-refractivity contribution in [1.82, 2.24) is 19.7 Å². The molecule has 6 nitrogen and oxygen atoms in total. The van der Waals surface area contributed by atoms with E-state index in [0.717, 1.165) is 16.7 Å². The Bertz CT molecular complexity index is 1360. The number of nitrogens with zero attached hydrogens (tertiary/aromatic N) is 4.